The van der Waals surface area contributed by atoms with Crippen LogP contribution in [0, 0.1) is 0 Å². The fraction of sp³-hybridized carbons (Fsp3) is 0.391. The second-order valence-electron chi connectivity index (χ2n) is 7.57. The molecule has 1 atom stereocenters. The molecule has 0 spiro atoms. The summed E-state index contributed by atoms with van der Waals surface area (Å²) >= 11 is 6.09. The number of rotatable bonds is 5. The van der Waals surface area contributed by atoms with Crippen molar-refractivity contribution in [2.45, 2.75) is 25.9 Å². The van der Waals surface area contributed by atoms with Crippen LogP contribution in [0.1, 0.15) is 19.8 Å². The number of carbonyl (C=O) groups excluding carboxylic acids is 2. The number of para-hydroxylation sites is 2. The molecule has 30 heavy (non-hydrogen) atoms. The van der Waals surface area contributed by atoms with Gasteiger partial charge in [-0.05, 0) is 36.8 Å². The van der Waals surface area contributed by atoms with E-state index in [1.165, 1.54) is 0 Å². The van der Waals surface area contributed by atoms with Crippen molar-refractivity contribution in [3.63, 3.8) is 0 Å². The quantitative estimate of drug-likeness (QED) is 0.731. The zero-order valence-corrected chi connectivity index (χ0v) is 17.8. The Labute approximate surface area is 182 Å². The predicted molar refractivity (Wildman–Crippen MR) is 118 cm³/mol. The predicted octanol–water partition coefficient (Wildman–Crippen LogP) is 3.58. The third kappa shape index (κ3) is 4.24. The molecule has 1 unspecified atom stereocenters. The molecule has 0 aliphatic carbocycles. The Morgan fingerprint density at radius 1 is 1.10 bits per heavy atom. The molecule has 2 amide bonds. The first-order valence-electron chi connectivity index (χ1n) is 10.4. The van der Waals surface area contributed by atoms with Crippen LogP contribution in [0.25, 0.3) is 0 Å². The van der Waals surface area contributed by atoms with Crippen molar-refractivity contribution >= 4 is 34.8 Å². The molecule has 0 saturated carbocycles. The average molecular weight is 428 g/mol. The van der Waals surface area contributed by atoms with Crippen LogP contribution in [0.3, 0.4) is 0 Å². The summed E-state index contributed by atoms with van der Waals surface area (Å²) in [4.78, 5) is 31.4. The largest absolute Gasteiger partial charge is 0.478 e. The molecule has 1 fully saturated rings. The summed E-state index contributed by atoms with van der Waals surface area (Å²) in [5, 5.41) is 0.715. The fourth-order valence-electron chi connectivity index (χ4n) is 4.02. The number of hydrogen-bond donors (Lipinski definition) is 0. The zero-order chi connectivity index (χ0) is 21.1. The van der Waals surface area contributed by atoms with Gasteiger partial charge in [0.15, 0.2) is 6.10 Å². The van der Waals surface area contributed by atoms with Crippen molar-refractivity contribution in [2.75, 3.05) is 42.5 Å². The number of benzene rings is 2. The maximum atomic E-state index is 12.8. The van der Waals surface area contributed by atoms with Gasteiger partial charge in [0.05, 0.1) is 5.69 Å². The molecular formula is C23H26ClN3O3. The number of carbonyl (C=O) groups is 2. The van der Waals surface area contributed by atoms with Crippen LogP contribution in [0.15, 0.2) is 48.5 Å². The van der Waals surface area contributed by atoms with Crippen molar-refractivity contribution in [1.82, 2.24) is 4.90 Å². The third-order valence-corrected chi connectivity index (χ3v) is 5.93. The van der Waals surface area contributed by atoms with E-state index in [0.717, 1.165) is 24.5 Å². The molecule has 7 heteroatoms. The SMILES string of the molecule is CCC1Oc2ccccc2N(CCC(=O)N2CCN(c3cccc(Cl)c3)CC2)C1=O. The average Bonchev–Trinajstić information content (AvgIpc) is 2.78. The Morgan fingerprint density at radius 3 is 2.60 bits per heavy atom. The number of nitrogens with zero attached hydrogens (tertiary/aromatic N) is 3. The van der Waals surface area contributed by atoms with Crippen LogP contribution in [0.5, 0.6) is 5.75 Å². The summed E-state index contributed by atoms with van der Waals surface area (Å²) in [6.07, 6.45) is 0.410. The number of anilines is 2. The summed E-state index contributed by atoms with van der Waals surface area (Å²) in [5.74, 6) is 0.701. The highest BCUT2D eigenvalue weighted by Crippen LogP contribution is 2.34. The lowest BCUT2D eigenvalue weighted by Crippen LogP contribution is -2.50. The molecule has 0 N–H and O–H groups in total. The minimum Gasteiger partial charge on any atom is -0.478 e. The molecule has 2 aliphatic heterocycles. The standard InChI is InChI=1S/C23H26ClN3O3/c1-2-20-23(29)27(19-8-3-4-9-21(19)30-20)11-10-22(28)26-14-12-25(13-15-26)18-7-5-6-17(24)16-18/h3-9,16,20H,2,10-15H2,1H3. The molecule has 4 rings (SSSR count). The molecular weight excluding hydrogens is 402 g/mol. The summed E-state index contributed by atoms with van der Waals surface area (Å²) in [6.45, 7) is 5.15. The number of amides is 2. The minimum atomic E-state index is -0.490. The van der Waals surface area contributed by atoms with Gasteiger partial charge >= 0.3 is 0 Å². The molecule has 1 saturated heterocycles. The Kier molecular flexibility index (Phi) is 6.13. The molecule has 2 aromatic carbocycles. The van der Waals surface area contributed by atoms with Gasteiger partial charge in [-0.2, -0.15) is 0 Å². The van der Waals surface area contributed by atoms with Crippen molar-refractivity contribution < 1.29 is 14.3 Å². The smallest absolute Gasteiger partial charge is 0.268 e. The van der Waals surface area contributed by atoms with E-state index in [2.05, 4.69) is 4.90 Å². The highest BCUT2D eigenvalue weighted by molar-refractivity contribution is 6.30. The zero-order valence-electron chi connectivity index (χ0n) is 17.1. The summed E-state index contributed by atoms with van der Waals surface area (Å²) in [5.41, 5.74) is 1.82. The molecule has 158 valence electrons. The second kappa shape index (κ2) is 8.96. The van der Waals surface area contributed by atoms with E-state index >= 15 is 0 Å². The number of piperazine rings is 1. The van der Waals surface area contributed by atoms with Gasteiger partial charge in [-0.15, -0.1) is 0 Å². The van der Waals surface area contributed by atoms with E-state index in [1.54, 1.807) is 4.90 Å². The van der Waals surface area contributed by atoms with Gasteiger partial charge in [0, 0.05) is 49.9 Å². The summed E-state index contributed by atoms with van der Waals surface area (Å²) in [7, 11) is 0. The van der Waals surface area contributed by atoms with E-state index in [-0.39, 0.29) is 11.8 Å². The minimum absolute atomic E-state index is 0.0743. The van der Waals surface area contributed by atoms with Gasteiger partial charge in [-0.3, -0.25) is 9.59 Å². The van der Waals surface area contributed by atoms with Gasteiger partial charge in [0.1, 0.15) is 5.75 Å². The van der Waals surface area contributed by atoms with Gasteiger partial charge in [0.2, 0.25) is 5.91 Å². The first kappa shape index (κ1) is 20.5. The number of hydrogen-bond acceptors (Lipinski definition) is 4. The molecule has 2 heterocycles. The number of ether oxygens (including phenoxy) is 1. The van der Waals surface area contributed by atoms with Crippen molar-refractivity contribution in [2.24, 2.45) is 0 Å². The molecule has 2 aliphatic rings. The van der Waals surface area contributed by atoms with Crippen LogP contribution in [0.4, 0.5) is 11.4 Å². The van der Waals surface area contributed by atoms with E-state index < -0.39 is 6.10 Å². The normalized spacial score (nSPS) is 18.8. The van der Waals surface area contributed by atoms with Crippen LogP contribution in [0.2, 0.25) is 5.02 Å². The van der Waals surface area contributed by atoms with Crippen LogP contribution in [-0.2, 0) is 9.59 Å². The molecule has 0 aromatic heterocycles. The lowest BCUT2D eigenvalue weighted by molar-refractivity contribution is -0.131. The molecule has 2 aromatic rings. The Morgan fingerprint density at radius 2 is 1.87 bits per heavy atom. The first-order valence-corrected chi connectivity index (χ1v) is 10.8. The Balaban J connectivity index is 1.35. The van der Waals surface area contributed by atoms with E-state index in [1.807, 2.05) is 60.4 Å². The van der Waals surface area contributed by atoms with E-state index in [9.17, 15) is 9.59 Å². The second-order valence-corrected chi connectivity index (χ2v) is 8.01. The Hall–Kier alpha value is -2.73. The Bertz CT molecular complexity index is 927. The van der Waals surface area contributed by atoms with E-state index in [0.29, 0.717) is 43.2 Å². The van der Waals surface area contributed by atoms with Crippen LogP contribution < -0.4 is 14.5 Å². The van der Waals surface area contributed by atoms with E-state index in [4.69, 9.17) is 16.3 Å². The van der Waals surface area contributed by atoms with Crippen molar-refractivity contribution in [3.05, 3.63) is 53.6 Å². The van der Waals surface area contributed by atoms with Gasteiger partial charge in [-0.1, -0.05) is 36.7 Å². The maximum absolute atomic E-state index is 12.8. The fourth-order valence-corrected chi connectivity index (χ4v) is 4.20. The topological polar surface area (TPSA) is 53.1 Å². The van der Waals surface area contributed by atoms with Gasteiger partial charge < -0.3 is 19.4 Å². The molecule has 6 nitrogen and oxygen atoms in total. The monoisotopic (exact) mass is 427 g/mol. The summed E-state index contributed by atoms with van der Waals surface area (Å²) in [6, 6.07) is 15.3. The first-order chi connectivity index (χ1) is 14.6. The number of fused-ring (bicyclic) bond motifs is 1. The van der Waals surface area contributed by atoms with Crippen molar-refractivity contribution in [1.29, 1.82) is 0 Å². The molecule has 0 bridgehead atoms. The van der Waals surface area contributed by atoms with Crippen LogP contribution >= 0.6 is 11.6 Å². The summed E-state index contributed by atoms with van der Waals surface area (Å²) < 4.78 is 5.81. The van der Waals surface area contributed by atoms with Gasteiger partial charge in [0.25, 0.3) is 5.91 Å². The third-order valence-electron chi connectivity index (χ3n) is 5.69. The lowest BCUT2D eigenvalue weighted by Gasteiger charge is -2.37. The number of halogens is 1. The highest BCUT2D eigenvalue weighted by atomic mass is 35.5. The maximum Gasteiger partial charge on any atom is 0.268 e. The highest BCUT2D eigenvalue weighted by Gasteiger charge is 2.33. The van der Waals surface area contributed by atoms with Crippen molar-refractivity contribution in [3.8, 4) is 5.75 Å². The molecule has 0 radical (unpaired) electrons. The van der Waals surface area contributed by atoms with Gasteiger partial charge in [-0.25, -0.2) is 0 Å². The van der Waals surface area contributed by atoms with Crippen LogP contribution in [-0.4, -0.2) is 55.5 Å². The lowest BCUT2D eigenvalue weighted by atomic mass is 10.1.